The maximum Gasteiger partial charge on any atom is 0.0575 e. The number of nitrogens with zero attached hydrogens (tertiary/aromatic N) is 2. The second-order valence-electron chi connectivity index (χ2n) is 4.78. The van der Waals surface area contributed by atoms with Crippen LogP contribution in [0.4, 0.5) is 0 Å². The van der Waals surface area contributed by atoms with Gasteiger partial charge in [0.15, 0.2) is 0 Å². The largest absolute Gasteiger partial charge is 0.294 e. The van der Waals surface area contributed by atoms with Gasteiger partial charge in [0.2, 0.25) is 0 Å². The van der Waals surface area contributed by atoms with Crippen LogP contribution in [0.3, 0.4) is 0 Å². The van der Waals surface area contributed by atoms with E-state index in [1.54, 1.807) is 0 Å². The third-order valence-electron chi connectivity index (χ3n) is 3.27. The average molecular weight is 240 g/mol. The molecule has 0 saturated heterocycles. The summed E-state index contributed by atoms with van der Waals surface area (Å²) in [5.41, 5.74) is 3.54. The summed E-state index contributed by atoms with van der Waals surface area (Å²) in [6.45, 7) is 5.18. The summed E-state index contributed by atoms with van der Waals surface area (Å²) < 4.78 is 0. The van der Waals surface area contributed by atoms with Crippen LogP contribution in [0.5, 0.6) is 0 Å². The van der Waals surface area contributed by atoms with Crippen LogP contribution >= 0.6 is 0 Å². The van der Waals surface area contributed by atoms with Crippen molar-refractivity contribution in [2.45, 2.75) is 26.4 Å². The van der Waals surface area contributed by atoms with E-state index in [2.05, 4.69) is 66.3 Å². The minimum atomic E-state index is 0.324. The first-order valence-corrected chi connectivity index (χ1v) is 6.34. The van der Waals surface area contributed by atoms with Crippen molar-refractivity contribution in [1.82, 2.24) is 9.88 Å². The van der Waals surface area contributed by atoms with Gasteiger partial charge in [-0.3, -0.25) is 9.88 Å². The van der Waals surface area contributed by atoms with E-state index < -0.39 is 0 Å². The van der Waals surface area contributed by atoms with Crippen molar-refractivity contribution in [3.8, 4) is 0 Å². The lowest BCUT2D eigenvalue weighted by molar-refractivity contribution is 0.248. The Balaban J connectivity index is 2.07. The molecule has 2 heteroatoms. The van der Waals surface area contributed by atoms with Gasteiger partial charge in [0.05, 0.1) is 5.69 Å². The molecule has 0 bridgehead atoms. The van der Waals surface area contributed by atoms with Crippen LogP contribution in [0, 0.1) is 6.92 Å². The first-order valence-electron chi connectivity index (χ1n) is 6.34. The fraction of sp³-hybridized carbons (Fsp3) is 0.312. The lowest BCUT2D eigenvalue weighted by Crippen LogP contribution is -2.22. The van der Waals surface area contributed by atoms with Gasteiger partial charge in [-0.2, -0.15) is 0 Å². The monoisotopic (exact) mass is 240 g/mol. The zero-order chi connectivity index (χ0) is 13.0. The van der Waals surface area contributed by atoms with Gasteiger partial charge in [-0.1, -0.05) is 36.4 Å². The van der Waals surface area contributed by atoms with E-state index in [0.29, 0.717) is 6.04 Å². The summed E-state index contributed by atoms with van der Waals surface area (Å²) in [6, 6.07) is 17.1. The molecule has 0 spiro atoms. The number of aromatic nitrogens is 1. The SMILES string of the molecule is Cc1cccc(C(C)N(C)Cc2ccccc2)n1. The number of hydrogen-bond donors (Lipinski definition) is 0. The number of aryl methyl sites for hydroxylation is 1. The molecule has 1 atom stereocenters. The zero-order valence-corrected chi connectivity index (χ0v) is 11.3. The van der Waals surface area contributed by atoms with E-state index >= 15 is 0 Å². The van der Waals surface area contributed by atoms with Gasteiger partial charge in [-0.15, -0.1) is 0 Å². The highest BCUT2D eigenvalue weighted by atomic mass is 15.1. The molecule has 2 aromatic rings. The normalized spacial score (nSPS) is 12.7. The standard InChI is InChI=1S/C16H20N2/c1-13-8-7-11-16(17-13)14(2)18(3)12-15-9-5-4-6-10-15/h4-11,14H,12H2,1-3H3. The molecule has 0 amide bonds. The Bertz CT molecular complexity index is 493. The third-order valence-corrected chi connectivity index (χ3v) is 3.27. The molecule has 2 rings (SSSR count). The maximum atomic E-state index is 4.59. The van der Waals surface area contributed by atoms with Gasteiger partial charge in [0, 0.05) is 18.3 Å². The summed E-state index contributed by atoms with van der Waals surface area (Å²) in [7, 11) is 2.14. The molecule has 0 saturated carbocycles. The van der Waals surface area contributed by atoms with Gasteiger partial charge in [-0.25, -0.2) is 0 Å². The van der Waals surface area contributed by atoms with Crippen LogP contribution in [0.15, 0.2) is 48.5 Å². The highest BCUT2D eigenvalue weighted by Crippen LogP contribution is 2.18. The van der Waals surface area contributed by atoms with Crippen molar-refractivity contribution in [1.29, 1.82) is 0 Å². The summed E-state index contributed by atoms with van der Waals surface area (Å²) >= 11 is 0. The van der Waals surface area contributed by atoms with Gasteiger partial charge >= 0.3 is 0 Å². The van der Waals surface area contributed by atoms with Crippen molar-refractivity contribution in [2.24, 2.45) is 0 Å². The molecular formula is C16H20N2. The molecule has 0 aliphatic carbocycles. The molecule has 1 aromatic heterocycles. The number of pyridine rings is 1. The summed E-state index contributed by atoms with van der Waals surface area (Å²) in [5, 5.41) is 0. The molecule has 0 aliphatic rings. The van der Waals surface area contributed by atoms with Crippen LogP contribution < -0.4 is 0 Å². The molecule has 0 N–H and O–H groups in total. The third kappa shape index (κ3) is 3.17. The number of hydrogen-bond acceptors (Lipinski definition) is 2. The van der Waals surface area contributed by atoms with Crippen molar-refractivity contribution in [2.75, 3.05) is 7.05 Å². The van der Waals surface area contributed by atoms with Crippen molar-refractivity contribution < 1.29 is 0 Å². The van der Waals surface area contributed by atoms with Gasteiger partial charge in [-0.05, 0) is 38.6 Å². The van der Waals surface area contributed by atoms with Crippen LogP contribution in [0.1, 0.15) is 29.9 Å². The average Bonchev–Trinajstić information content (AvgIpc) is 2.39. The zero-order valence-electron chi connectivity index (χ0n) is 11.3. The van der Waals surface area contributed by atoms with Crippen molar-refractivity contribution >= 4 is 0 Å². The molecule has 0 fully saturated rings. The first kappa shape index (κ1) is 12.8. The van der Waals surface area contributed by atoms with E-state index in [1.807, 2.05) is 13.0 Å². The molecular weight excluding hydrogens is 220 g/mol. The highest BCUT2D eigenvalue weighted by molar-refractivity contribution is 5.16. The van der Waals surface area contributed by atoms with Crippen molar-refractivity contribution in [3.05, 3.63) is 65.5 Å². The fourth-order valence-corrected chi connectivity index (χ4v) is 2.03. The van der Waals surface area contributed by atoms with E-state index in [9.17, 15) is 0 Å². The second kappa shape index (κ2) is 5.78. The Kier molecular flexibility index (Phi) is 4.11. The van der Waals surface area contributed by atoms with E-state index in [-0.39, 0.29) is 0 Å². The predicted molar refractivity (Wildman–Crippen MR) is 75.3 cm³/mol. The molecule has 1 heterocycles. The Labute approximate surface area is 109 Å². The quantitative estimate of drug-likeness (QED) is 0.812. The molecule has 0 radical (unpaired) electrons. The smallest absolute Gasteiger partial charge is 0.0575 e. The molecule has 1 aromatic carbocycles. The Hall–Kier alpha value is -1.67. The fourth-order valence-electron chi connectivity index (χ4n) is 2.03. The van der Waals surface area contributed by atoms with E-state index in [0.717, 1.165) is 17.9 Å². The predicted octanol–water partition coefficient (Wildman–Crippen LogP) is 3.58. The van der Waals surface area contributed by atoms with Crippen LogP contribution in [-0.2, 0) is 6.54 Å². The molecule has 0 aliphatic heterocycles. The Morgan fingerprint density at radius 3 is 2.44 bits per heavy atom. The highest BCUT2D eigenvalue weighted by Gasteiger charge is 2.13. The van der Waals surface area contributed by atoms with Crippen LogP contribution in [-0.4, -0.2) is 16.9 Å². The van der Waals surface area contributed by atoms with Gasteiger partial charge in [0.1, 0.15) is 0 Å². The lowest BCUT2D eigenvalue weighted by atomic mass is 10.1. The lowest BCUT2D eigenvalue weighted by Gasteiger charge is -2.24. The van der Waals surface area contributed by atoms with Crippen LogP contribution in [0.25, 0.3) is 0 Å². The molecule has 2 nitrogen and oxygen atoms in total. The van der Waals surface area contributed by atoms with Crippen LogP contribution in [0.2, 0.25) is 0 Å². The van der Waals surface area contributed by atoms with Crippen molar-refractivity contribution in [3.63, 3.8) is 0 Å². The molecule has 18 heavy (non-hydrogen) atoms. The summed E-state index contributed by atoms with van der Waals surface area (Å²) in [6.07, 6.45) is 0. The molecule has 94 valence electrons. The van der Waals surface area contributed by atoms with Gasteiger partial charge < -0.3 is 0 Å². The Morgan fingerprint density at radius 2 is 1.78 bits per heavy atom. The number of rotatable bonds is 4. The first-order chi connectivity index (χ1) is 8.66. The van der Waals surface area contributed by atoms with Gasteiger partial charge in [0.25, 0.3) is 0 Å². The second-order valence-corrected chi connectivity index (χ2v) is 4.78. The summed E-state index contributed by atoms with van der Waals surface area (Å²) in [4.78, 5) is 6.91. The molecule has 1 unspecified atom stereocenters. The minimum Gasteiger partial charge on any atom is -0.294 e. The van der Waals surface area contributed by atoms with E-state index in [4.69, 9.17) is 0 Å². The number of benzene rings is 1. The summed E-state index contributed by atoms with van der Waals surface area (Å²) in [5.74, 6) is 0. The Morgan fingerprint density at radius 1 is 1.06 bits per heavy atom. The topological polar surface area (TPSA) is 16.1 Å². The maximum absolute atomic E-state index is 4.59. The minimum absolute atomic E-state index is 0.324. The van der Waals surface area contributed by atoms with E-state index in [1.165, 1.54) is 5.56 Å².